The summed E-state index contributed by atoms with van der Waals surface area (Å²) < 4.78 is 14.2. The van der Waals surface area contributed by atoms with Crippen LogP contribution < -0.4 is 0 Å². The van der Waals surface area contributed by atoms with E-state index >= 15 is 0 Å². The minimum Gasteiger partial charge on any atom is -0.281 e. The fourth-order valence-corrected chi connectivity index (χ4v) is 2.45. The molecule has 2 heterocycles. The predicted octanol–water partition coefficient (Wildman–Crippen LogP) is 4.04. The van der Waals surface area contributed by atoms with Gasteiger partial charge in [0.1, 0.15) is 5.69 Å². The zero-order valence-electron chi connectivity index (χ0n) is 11.0. The van der Waals surface area contributed by atoms with Gasteiger partial charge in [-0.3, -0.25) is 5.10 Å². The maximum atomic E-state index is 13.9. The van der Waals surface area contributed by atoms with Crippen LogP contribution in [-0.4, -0.2) is 20.2 Å². The summed E-state index contributed by atoms with van der Waals surface area (Å²) in [6, 6.07) is 5.58. The molecule has 6 heteroatoms. The molecule has 0 radical (unpaired) electrons. The number of H-pyrrole nitrogens is 1. The highest BCUT2D eigenvalue weighted by molar-refractivity contribution is 9.10. The number of hydrogen-bond donors (Lipinski definition) is 1. The van der Waals surface area contributed by atoms with E-state index in [9.17, 15) is 4.39 Å². The first-order chi connectivity index (χ1) is 9.56. The standard InChI is InChI=1S/C14H12BrFN4/c1-7(2)12-9-5-8(3-4-11(9)19-20-12)13-10(16)6-17-14(15)18-13/h3-7H,1-2H3,(H,19,20). The summed E-state index contributed by atoms with van der Waals surface area (Å²) >= 11 is 3.17. The van der Waals surface area contributed by atoms with Crippen molar-refractivity contribution in [3.63, 3.8) is 0 Å². The summed E-state index contributed by atoms with van der Waals surface area (Å²) in [6.07, 6.45) is 1.16. The number of rotatable bonds is 2. The fourth-order valence-electron chi connectivity index (χ4n) is 2.17. The van der Waals surface area contributed by atoms with Crippen LogP contribution in [0, 0.1) is 5.82 Å². The van der Waals surface area contributed by atoms with Crippen molar-refractivity contribution in [2.45, 2.75) is 19.8 Å². The van der Waals surface area contributed by atoms with Gasteiger partial charge < -0.3 is 0 Å². The lowest BCUT2D eigenvalue weighted by Gasteiger charge is -2.05. The van der Waals surface area contributed by atoms with Gasteiger partial charge in [0.2, 0.25) is 0 Å². The molecule has 2 aromatic heterocycles. The monoisotopic (exact) mass is 334 g/mol. The smallest absolute Gasteiger partial charge is 0.197 e. The van der Waals surface area contributed by atoms with Gasteiger partial charge in [-0.15, -0.1) is 0 Å². The molecule has 0 bridgehead atoms. The number of benzene rings is 1. The second-order valence-corrected chi connectivity index (χ2v) is 5.57. The maximum Gasteiger partial charge on any atom is 0.197 e. The number of fused-ring (bicyclic) bond motifs is 1. The molecule has 0 unspecified atom stereocenters. The summed E-state index contributed by atoms with van der Waals surface area (Å²) in [6.45, 7) is 4.17. The van der Waals surface area contributed by atoms with Crippen molar-refractivity contribution in [1.82, 2.24) is 20.2 Å². The van der Waals surface area contributed by atoms with Crippen molar-refractivity contribution in [3.8, 4) is 11.3 Å². The quantitative estimate of drug-likeness (QED) is 0.719. The average molecular weight is 335 g/mol. The van der Waals surface area contributed by atoms with Gasteiger partial charge >= 0.3 is 0 Å². The van der Waals surface area contributed by atoms with Gasteiger partial charge in [0.15, 0.2) is 10.6 Å². The molecule has 0 atom stereocenters. The van der Waals surface area contributed by atoms with E-state index in [0.29, 0.717) is 16.2 Å². The highest BCUT2D eigenvalue weighted by Crippen LogP contribution is 2.28. The minimum atomic E-state index is -0.442. The highest BCUT2D eigenvalue weighted by Gasteiger charge is 2.13. The van der Waals surface area contributed by atoms with E-state index in [-0.39, 0.29) is 5.69 Å². The Bertz CT molecular complexity index is 782. The Morgan fingerprint density at radius 2 is 2.10 bits per heavy atom. The van der Waals surface area contributed by atoms with Crippen LogP contribution in [0.1, 0.15) is 25.5 Å². The Morgan fingerprint density at radius 3 is 2.85 bits per heavy atom. The van der Waals surface area contributed by atoms with Crippen LogP contribution >= 0.6 is 15.9 Å². The van der Waals surface area contributed by atoms with E-state index < -0.39 is 5.82 Å². The molecule has 3 aromatic rings. The molecule has 1 aromatic carbocycles. The SMILES string of the molecule is CC(C)c1[nH]nc2ccc(-c3nc(Br)ncc3F)cc12. The van der Waals surface area contributed by atoms with E-state index in [1.165, 1.54) is 0 Å². The number of aromatic nitrogens is 4. The lowest BCUT2D eigenvalue weighted by atomic mass is 10.0. The number of nitrogens with zero attached hydrogens (tertiary/aromatic N) is 3. The first-order valence-corrected chi connectivity index (χ1v) is 7.02. The van der Waals surface area contributed by atoms with Gasteiger partial charge in [-0.25, -0.2) is 14.4 Å². The number of aromatic amines is 1. The number of halogens is 2. The lowest BCUT2D eigenvalue weighted by Crippen LogP contribution is -1.93. The van der Waals surface area contributed by atoms with Crippen LogP contribution in [0.2, 0.25) is 0 Å². The van der Waals surface area contributed by atoms with Gasteiger partial charge in [-0.2, -0.15) is 5.10 Å². The molecule has 0 fully saturated rings. The van der Waals surface area contributed by atoms with Crippen molar-refractivity contribution in [2.24, 2.45) is 0 Å². The molecule has 0 saturated heterocycles. The lowest BCUT2D eigenvalue weighted by molar-refractivity contribution is 0.616. The summed E-state index contributed by atoms with van der Waals surface area (Å²) in [4.78, 5) is 7.88. The van der Waals surface area contributed by atoms with Crippen molar-refractivity contribution in [2.75, 3.05) is 0 Å². The van der Waals surface area contributed by atoms with E-state index in [2.05, 4.69) is 49.9 Å². The molecule has 3 rings (SSSR count). The third kappa shape index (κ3) is 2.20. The van der Waals surface area contributed by atoms with Crippen molar-refractivity contribution >= 4 is 26.8 Å². The molecule has 0 spiro atoms. The first kappa shape index (κ1) is 13.2. The fraction of sp³-hybridized carbons (Fsp3) is 0.214. The zero-order valence-corrected chi connectivity index (χ0v) is 12.6. The molecule has 4 nitrogen and oxygen atoms in total. The summed E-state index contributed by atoms with van der Waals surface area (Å²) in [5.41, 5.74) is 2.90. The van der Waals surface area contributed by atoms with Gasteiger partial charge in [0.05, 0.1) is 11.7 Å². The van der Waals surface area contributed by atoms with Crippen LogP contribution in [0.5, 0.6) is 0 Å². The third-order valence-corrected chi connectivity index (χ3v) is 3.53. The summed E-state index contributed by atoms with van der Waals surface area (Å²) in [5, 5.41) is 8.28. The second kappa shape index (κ2) is 4.94. The van der Waals surface area contributed by atoms with Crippen molar-refractivity contribution in [1.29, 1.82) is 0 Å². The largest absolute Gasteiger partial charge is 0.281 e. The molecule has 0 aliphatic carbocycles. The molecule has 0 amide bonds. The molecule has 0 aliphatic rings. The Hall–Kier alpha value is -1.82. The third-order valence-electron chi connectivity index (χ3n) is 3.15. The summed E-state index contributed by atoms with van der Waals surface area (Å²) in [7, 11) is 0. The van der Waals surface area contributed by atoms with Crippen molar-refractivity contribution in [3.05, 3.63) is 40.6 Å². The minimum absolute atomic E-state index is 0.282. The normalized spacial score (nSPS) is 11.4. The molecule has 0 saturated carbocycles. The van der Waals surface area contributed by atoms with Crippen LogP contribution in [-0.2, 0) is 0 Å². The number of hydrogen-bond acceptors (Lipinski definition) is 3. The number of nitrogens with one attached hydrogen (secondary N) is 1. The molecule has 1 N–H and O–H groups in total. The van der Waals surface area contributed by atoms with E-state index in [4.69, 9.17) is 0 Å². The van der Waals surface area contributed by atoms with Gasteiger partial charge in [-0.05, 0) is 34.0 Å². The van der Waals surface area contributed by atoms with Gasteiger partial charge in [0, 0.05) is 16.6 Å². The van der Waals surface area contributed by atoms with E-state index in [0.717, 1.165) is 22.8 Å². The second-order valence-electron chi connectivity index (χ2n) is 4.86. The van der Waals surface area contributed by atoms with Crippen molar-refractivity contribution < 1.29 is 4.39 Å². The Morgan fingerprint density at radius 1 is 1.30 bits per heavy atom. The molecule has 102 valence electrons. The molecular weight excluding hydrogens is 323 g/mol. The van der Waals surface area contributed by atoms with E-state index in [1.807, 2.05) is 18.2 Å². The zero-order chi connectivity index (χ0) is 14.3. The summed E-state index contributed by atoms with van der Waals surface area (Å²) in [5.74, 6) is -0.126. The average Bonchev–Trinajstić information content (AvgIpc) is 2.84. The predicted molar refractivity (Wildman–Crippen MR) is 78.9 cm³/mol. The van der Waals surface area contributed by atoms with Crippen LogP contribution in [0.4, 0.5) is 4.39 Å². The highest BCUT2D eigenvalue weighted by atomic mass is 79.9. The maximum absolute atomic E-state index is 13.9. The molecule has 20 heavy (non-hydrogen) atoms. The Labute approximate surface area is 123 Å². The topological polar surface area (TPSA) is 54.5 Å². The Kier molecular flexibility index (Phi) is 3.25. The van der Waals surface area contributed by atoms with E-state index in [1.54, 1.807) is 0 Å². The van der Waals surface area contributed by atoms with Crippen LogP contribution in [0.25, 0.3) is 22.2 Å². The van der Waals surface area contributed by atoms with Crippen LogP contribution in [0.15, 0.2) is 29.1 Å². The Balaban J connectivity index is 2.21. The van der Waals surface area contributed by atoms with Gasteiger partial charge in [-0.1, -0.05) is 19.9 Å². The van der Waals surface area contributed by atoms with Gasteiger partial charge in [0.25, 0.3) is 0 Å². The molecule has 0 aliphatic heterocycles. The molecular formula is C14H12BrFN4. The first-order valence-electron chi connectivity index (χ1n) is 6.22. The van der Waals surface area contributed by atoms with Crippen LogP contribution in [0.3, 0.4) is 0 Å².